The van der Waals surface area contributed by atoms with Gasteiger partial charge in [0.1, 0.15) is 6.61 Å². The third-order valence-electron chi connectivity index (χ3n) is 1.15. The van der Waals surface area contributed by atoms with Crippen molar-refractivity contribution < 1.29 is 19.5 Å². The SMILES string of the molecule is CC(=CCNOCC(N)=O)C(=O)O. The van der Waals surface area contributed by atoms with Gasteiger partial charge in [0.05, 0.1) is 0 Å². The Balaban J connectivity index is 3.50. The second-order valence-electron chi connectivity index (χ2n) is 2.30. The molecule has 0 fully saturated rings. The number of hydroxylamine groups is 1. The number of carbonyl (C=O) groups excluding carboxylic acids is 1. The molecule has 0 spiro atoms. The molecule has 6 nitrogen and oxygen atoms in total. The van der Waals surface area contributed by atoms with Crippen LogP contribution in [-0.4, -0.2) is 30.1 Å². The molecule has 13 heavy (non-hydrogen) atoms. The summed E-state index contributed by atoms with van der Waals surface area (Å²) in [4.78, 5) is 25.0. The van der Waals surface area contributed by atoms with Crippen LogP contribution in [-0.2, 0) is 14.4 Å². The molecule has 0 aliphatic rings. The summed E-state index contributed by atoms with van der Waals surface area (Å²) in [6, 6.07) is 0. The monoisotopic (exact) mass is 188 g/mol. The van der Waals surface area contributed by atoms with Crippen molar-refractivity contribution in [1.82, 2.24) is 5.48 Å². The van der Waals surface area contributed by atoms with Crippen molar-refractivity contribution in [3.8, 4) is 0 Å². The molecule has 0 aliphatic carbocycles. The maximum atomic E-state index is 10.3. The summed E-state index contributed by atoms with van der Waals surface area (Å²) in [6.07, 6.45) is 1.42. The number of hydrogen-bond donors (Lipinski definition) is 3. The van der Waals surface area contributed by atoms with E-state index in [0.717, 1.165) is 0 Å². The maximum Gasteiger partial charge on any atom is 0.330 e. The molecule has 1 amide bonds. The van der Waals surface area contributed by atoms with Crippen LogP contribution in [0.25, 0.3) is 0 Å². The highest BCUT2D eigenvalue weighted by atomic mass is 16.6. The minimum Gasteiger partial charge on any atom is -0.478 e. The molecule has 0 heterocycles. The van der Waals surface area contributed by atoms with Crippen molar-refractivity contribution >= 4 is 11.9 Å². The Labute approximate surface area is 75.3 Å². The summed E-state index contributed by atoms with van der Waals surface area (Å²) in [5.74, 6) is -1.58. The molecule has 6 heteroatoms. The van der Waals surface area contributed by atoms with Gasteiger partial charge in [0.25, 0.3) is 0 Å². The number of rotatable bonds is 6. The Morgan fingerprint density at radius 2 is 2.23 bits per heavy atom. The third-order valence-corrected chi connectivity index (χ3v) is 1.15. The van der Waals surface area contributed by atoms with Crippen LogP contribution in [0.4, 0.5) is 0 Å². The Kier molecular flexibility index (Phi) is 5.49. The third kappa shape index (κ3) is 6.98. The van der Waals surface area contributed by atoms with E-state index in [1.165, 1.54) is 13.0 Å². The quantitative estimate of drug-likeness (QED) is 0.282. The highest BCUT2D eigenvalue weighted by molar-refractivity contribution is 5.85. The van der Waals surface area contributed by atoms with E-state index in [1.807, 2.05) is 0 Å². The van der Waals surface area contributed by atoms with E-state index >= 15 is 0 Å². The van der Waals surface area contributed by atoms with E-state index in [-0.39, 0.29) is 18.7 Å². The number of carboxylic acid groups (broad SMARTS) is 1. The molecule has 4 N–H and O–H groups in total. The van der Waals surface area contributed by atoms with Gasteiger partial charge in [-0.15, -0.1) is 0 Å². The average Bonchev–Trinajstić information content (AvgIpc) is 2.02. The summed E-state index contributed by atoms with van der Waals surface area (Å²) >= 11 is 0. The van der Waals surface area contributed by atoms with Gasteiger partial charge in [-0.2, -0.15) is 5.48 Å². The zero-order valence-electron chi connectivity index (χ0n) is 7.24. The number of nitrogens with two attached hydrogens (primary N) is 1. The van der Waals surface area contributed by atoms with E-state index in [9.17, 15) is 9.59 Å². The number of carboxylic acids is 1. The lowest BCUT2D eigenvalue weighted by Gasteiger charge is -2.00. The first kappa shape index (κ1) is 11.6. The molecule has 0 aliphatic heterocycles. The van der Waals surface area contributed by atoms with Gasteiger partial charge in [0.15, 0.2) is 0 Å². The molecule has 0 radical (unpaired) electrons. The Hall–Kier alpha value is -1.40. The number of amides is 1. The van der Waals surface area contributed by atoms with E-state index in [0.29, 0.717) is 0 Å². The van der Waals surface area contributed by atoms with Crippen LogP contribution in [0.2, 0.25) is 0 Å². The van der Waals surface area contributed by atoms with Crippen molar-refractivity contribution in [1.29, 1.82) is 0 Å². The highest BCUT2D eigenvalue weighted by Crippen LogP contribution is 1.89. The minimum atomic E-state index is -0.989. The van der Waals surface area contributed by atoms with Gasteiger partial charge in [-0.1, -0.05) is 6.08 Å². The van der Waals surface area contributed by atoms with Crippen LogP contribution >= 0.6 is 0 Å². The van der Waals surface area contributed by atoms with Gasteiger partial charge in [-0.05, 0) is 6.92 Å². The molecule has 0 atom stereocenters. The highest BCUT2D eigenvalue weighted by Gasteiger charge is 1.97. The van der Waals surface area contributed by atoms with Crippen molar-refractivity contribution in [3.63, 3.8) is 0 Å². The van der Waals surface area contributed by atoms with Gasteiger partial charge in [-0.3, -0.25) is 9.63 Å². The standard InChI is InChI=1S/C7H12N2O4/c1-5(7(11)12)2-3-9-13-4-6(8)10/h2,9H,3-4H2,1H3,(H2,8,10)(H,11,12). The molecule has 74 valence electrons. The Morgan fingerprint density at radius 1 is 1.62 bits per heavy atom. The lowest BCUT2D eigenvalue weighted by atomic mass is 10.3. The first-order valence-electron chi connectivity index (χ1n) is 3.57. The first-order chi connectivity index (χ1) is 6.04. The van der Waals surface area contributed by atoms with Crippen LogP contribution in [0, 0.1) is 0 Å². The first-order valence-corrected chi connectivity index (χ1v) is 3.57. The molecule has 0 bridgehead atoms. The number of nitrogens with one attached hydrogen (secondary N) is 1. The molecule has 0 aromatic rings. The summed E-state index contributed by atoms with van der Waals surface area (Å²) < 4.78 is 0. The van der Waals surface area contributed by atoms with Gasteiger partial charge in [0, 0.05) is 12.1 Å². The second-order valence-corrected chi connectivity index (χ2v) is 2.30. The van der Waals surface area contributed by atoms with Crippen molar-refractivity contribution in [3.05, 3.63) is 11.6 Å². The van der Waals surface area contributed by atoms with Gasteiger partial charge in [-0.25, -0.2) is 4.79 Å². The van der Waals surface area contributed by atoms with Crippen LogP contribution in [0.15, 0.2) is 11.6 Å². The van der Waals surface area contributed by atoms with E-state index in [1.54, 1.807) is 0 Å². The predicted molar refractivity (Wildman–Crippen MR) is 44.5 cm³/mol. The van der Waals surface area contributed by atoms with Crippen molar-refractivity contribution in [2.24, 2.45) is 5.73 Å². The Bertz CT molecular complexity index is 225. The number of primary amides is 1. The van der Waals surface area contributed by atoms with Crippen LogP contribution in [0.5, 0.6) is 0 Å². The van der Waals surface area contributed by atoms with Gasteiger partial charge in [0.2, 0.25) is 5.91 Å². The molecular weight excluding hydrogens is 176 g/mol. The molecule has 0 aromatic heterocycles. The van der Waals surface area contributed by atoms with E-state index in [2.05, 4.69) is 10.3 Å². The number of aliphatic carboxylic acids is 1. The topological polar surface area (TPSA) is 102 Å². The zero-order valence-corrected chi connectivity index (χ0v) is 7.24. The largest absolute Gasteiger partial charge is 0.478 e. The van der Waals surface area contributed by atoms with E-state index in [4.69, 9.17) is 10.8 Å². The second kappa shape index (κ2) is 6.15. The number of carbonyl (C=O) groups is 2. The maximum absolute atomic E-state index is 10.3. The normalized spacial score (nSPS) is 11.3. The molecule has 0 unspecified atom stereocenters. The van der Waals surface area contributed by atoms with Crippen LogP contribution in [0.1, 0.15) is 6.92 Å². The Morgan fingerprint density at radius 3 is 2.69 bits per heavy atom. The fourth-order valence-corrected chi connectivity index (χ4v) is 0.463. The van der Waals surface area contributed by atoms with E-state index < -0.39 is 11.9 Å². The molecule has 0 saturated heterocycles. The fraction of sp³-hybridized carbons (Fsp3) is 0.429. The molecule has 0 saturated carbocycles. The van der Waals surface area contributed by atoms with Crippen molar-refractivity contribution in [2.45, 2.75) is 6.92 Å². The smallest absolute Gasteiger partial charge is 0.330 e. The zero-order chi connectivity index (χ0) is 10.3. The average molecular weight is 188 g/mol. The van der Waals surface area contributed by atoms with Gasteiger partial charge < -0.3 is 10.8 Å². The molecular formula is C7H12N2O4. The lowest BCUT2D eigenvalue weighted by molar-refractivity contribution is -0.132. The van der Waals surface area contributed by atoms with Crippen LogP contribution in [0.3, 0.4) is 0 Å². The summed E-state index contributed by atoms with van der Waals surface area (Å²) in [7, 11) is 0. The lowest BCUT2D eigenvalue weighted by Crippen LogP contribution is -2.25. The molecule has 0 aromatic carbocycles. The summed E-state index contributed by atoms with van der Waals surface area (Å²) in [5.41, 5.74) is 7.34. The van der Waals surface area contributed by atoms with Crippen molar-refractivity contribution in [2.75, 3.05) is 13.2 Å². The van der Waals surface area contributed by atoms with Crippen LogP contribution < -0.4 is 11.2 Å². The summed E-state index contributed by atoms with van der Waals surface area (Å²) in [6.45, 7) is 1.43. The fourth-order valence-electron chi connectivity index (χ4n) is 0.463. The summed E-state index contributed by atoms with van der Waals surface area (Å²) in [5, 5.41) is 8.42. The predicted octanol–water partition coefficient (Wildman–Crippen LogP) is -0.976. The minimum absolute atomic E-state index is 0.204. The van der Waals surface area contributed by atoms with Gasteiger partial charge >= 0.3 is 5.97 Å². The molecule has 0 rings (SSSR count). The number of hydrogen-bond acceptors (Lipinski definition) is 4.